The summed E-state index contributed by atoms with van der Waals surface area (Å²) in [6, 6.07) is 0.564. The van der Waals surface area contributed by atoms with Crippen LogP contribution in [0.1, 0.15) is 39.5 Å². The summed E-state index contributed by atoms with van der Waals surface area (Å²) < 4.78 is 0. The summed E-state index contributed by atoms with van der Waals surface area (Å²) in [6.45, 7) is 5.36. The Bertz CT molecular complexity index is 76.0. The van der Waals surface area contributed by atoms with Crippen LogP contribution in [0.3, 0.4) is 0 Å². The molecule has 0 unspecified atom stereocenters. The van der Waals surface area contributed by atoms with Crippen LogP contribution in [0.5, 0.6) is 0 Å². The summed E-state index contributed by atoms with van der Waals surface area (Å²) in [5.41, 5.74) is 0. The predicted octanol–water partition coefficient (Wildman–Crippen LogP) is 1.54. The first kappa shape index (κ1) is 10.9. The van der Waals surface area contributed by atoms with Crippen molar-refractivity contribution in [3.05, 3.63) is 0 Å². The second-order valence-corrected chi connectivity index (χ2v) is 3.07. The Balaban J connectivity index is 3.02. The maximum absolute atomic E-state index is 8.52. The highest BCUT2D eigenvalue weighted by molar-refractivity contribution is 4.59. The van der Waals surface area contributed by atoms with E-state index < -0.39 is 0 Å². The van der Waals surface area contributed by atoms with Gasteiger partial charge in [-0.1, -0.05) is 26.2 Å². The van der Waals surface area contributed by atoms with Gasteiger partial charge in [-0.2, -0.15) is 0 Å². The van der Waals surface area contributed by atoms with Gasteiger partial charge in [-0.25, -0.2) is 0 Å². The molecule has 2 N–H and O–H groups in total. The van der Waals surface area contributed by atoms with Crippen LogP contribution in [0.15, 0.2) is 0 Å². The van der Waals surface area contributed by atoms with Crippen molar-refractivity contribution in [1.29, 1.82) is 0 Å². The Labute approximate surface area is 70.0 Å². The van der Waals surface area contributed by atoms with Gasteiger partial charge in [-0.05, 0) is 13.3 Å². The maximum Gasteiger partial charge on any atom is 0.0556 e. The third kappa shape index (κ3) is 7.82. The molecule has 1 atom stereocenters. The second-order valence-electron chi connectivity index (χ2n) is 3.07. The first-order valence-electron chi connectivity index (χ1n) is 4.65. The van der Waals surface area contributed by atoms with E-state index in [0.717, 1.165) is 6.54 Å². The van der Waals surface area contributed by atoms with Gasteiger partial charge in [0.1, 0.15) is 0 Å². The Hall–Kier alpha value is -0.0800. The standard InChI is InChI=1S/C9H21NO/c1-3-4-5-6-9(2)10-7-8-11/h9-11H,3-8H2,1-2H3/t9-/m1/s1. The van der Waals surface area contributed by atoms with Crippen LogP contribution in [-0.2, 0) is 0 Å². The molecule has 2 nitrogen and oxygen atoms in total. The number of aliphatic hydroxyl groups is 1. The average molecular weight is 159 g/mol. The molecule has 0 aromatic heterocycles. The van der Waals surface area contributed by atoms with E-state index in [9.17, 15) is 0 Å². The van der Waals surface area contributed by atoms with Crippen LogP contribution < -0.4 is 5.32 Å². The zero-order valence-electron chi connectivity index (χ0n) is 7.77. The summed E-state index contributed by atoms with van der Waals surface area (Å²) in [4.78, 5) is 0. The Morgan fingerprint density at radius 1 is 1.36 bits per heavy atom. The van der Waals surface area contributed by atoms with E-state index in [-0.39, 0.29) is 6.61 Å². The summed E-state index contributed by atoms with van der Waals surface area (Å²) in [5, 5.41) is 11.8. The molecule has 2 heteroatoms. The molecule has 0 spiro atoms. The number of hydrogen-bond donors (Lipinski definition) is 2. The van der Waals surface area contributed by atoms with E-state index in [1.807, 2.05) is 0 Å². The van der Waals surface area contributed by atoms with Crippen molar-refractivity contribution < 1.29 is 5.11 Å². The molecule has 11 heavy (non-hydrogen) atoms. The molecule has 0 aliphatic carbocycles. The van der Waals surface area contributed by atoms with Crippen molar-refractivity contribution in [3.8, 4) is 0 Å². The van der Waals surface area contributed by atoms with Gasteiger partial charge < -0.3 is 10.4 Å². The van der Waals surface area contributed by atoms with E-state index in [1.54, 1.807) is 0 Å². The summed E-state index contributed by atoms with van der Waals surface area (Å²) in [6.07, 6.45) is 5.14. The number of nitrogens with one attached hydrogen (secondary N) is 1. The van der Waals surface area contributed by atoms with Crippen molar-refractivity contribution in [2.45, 2.75) is 45.6 Å². The lowest BCUT2D eigenvalue weighted by Crippen LogP contribution is -2.28. The summed E-state index contributed by atoms with van der Waals surface area (Å²) in [5.74, 6) is 0. The minimum atomic E-state index is 0.248. The molecule has 0 radical (unpaired) electrons. The van der Waals surface area contributed by atoms with Crippen LogP contribution in [0.4, 0.5) is 0 Å². The molecule has 0 aromatic carbocycles. The minimum absolute atomic E-state index is 0.248. The van der Waals surface area contributed by atoms with Gasteiger partial charge in [0.25, 0.3) is 0 Å². The van der Waals surface area contributed by atoms with E-state index in [1.165, 1.54) is 25.7 Å². The quantitative estimate of drug-likeness (QED) is 0.552. The second kappa shape index (κ2) is 8.02. The van der Waals surface area contributed by atoms with E-state index >= 15 is 0 Å². The highest BCUT2D eigenvalue weighted by atomic mass is 16.3. The Morgan fingerprint density at radius 3 is 2.64 bits per heavy atom. The molecule has 68 valence electrons. The van der Waals surface area contributed by atoms with Gasteiger partial charge in [0.15, 0.2) is 0 Å². The number of aliphatic hydroxyl groups excluding tert-OH is 1. The molecule has 0 bridgehead atoms. The number of rotatable bonds is 7. The van der Waals surface area contributed by atoms with Gasteiger partial charge >= 0.3 is 0 Å². The third-order valence-electron chi connectivity index (χ3n) is 1.85. The summed E-state index contributed by atoms with van der Waals surface area (Å²) >= 11 is 0. The van der Waals surface area contributed by atoms with Crippen molar-refractivity contribution >= 4 is 0 Å². The molecule has 0 heterocycles. The summed E-state index contributed by atoms with van der Waals surface area (Å²) in [7, 11) is 0. The maximum atomic E-state index is 8.52. The molecule has 0 saturated heterocycles. The van der Waals surface area contributed by atoms with Crippen molar-refractivity contribution in [2.75, 3.05) is 13.2 Å². The fourth-order valence-corrected chi connectivity index (χ4v) is 1.11. The molecule has 0 saturated carbocycles. The van der Waals surface area contributed by atoms with Crippen LogP contribution in [0, 0.1) is 0 Å². The smallest absolute Gasteiger partial charge is 0.0556 e. The number of hydrogen-bond acceptors (Lipinski definition) is 2. The van der Waals surface area contributed by atoms with Gasteiger partial charge in [-0.15, -0.1) is 0 Å². The molecular weight excluding hydrogens is 138 g/mol. The first-order valence-corrected chi connectivity index (χ1v) is 4.65. The molecule has 0 amide bonds. The van der Waals surface area contributed by atoms with E-state index in [4.69, 9.17) is 5.11 Å². The molecule has 0 rings (SSSR count). The van der Waals surface area contributed by atoms with Crippen molar-refractivity contribution in [3.63, 3.8) is 0 Å². The lowest BCUT2D eigenvalue weighted by atomic mass is 10.1. The fraction of sp³-hybridized carbons (Fsp3) is 1.00. The van der Waals surface area contributed by atoms with Crippen molar-refractivity contribution in [2.24, 2.45) is 0 Å². The lowest BCUT2D eigenvalue weighted by molar-refractivity contribution is 0.283. The average Bonchev–Trinajstić information content (AvgIpc) is 2.01. The minimum Gasteiger partial charge on any atom is -0.395 e. The van der Waals surface area contributed by atoms with Crippen LogP contribution in [-0.4, -0.2) is 24.3 Å². The zero-order valence-corrected chi connectivity index (χ0v) is 7.77. The molecular formula is C9H21NO. The van der Waals surface area contributed by atoms with Gasteiger partial charge in [0.2, 0.25) is 0 Å². The largest absolute Gasteiger partial charge is 0.395 e. The highest BCUT2D eigenvalue weighted by Gasteiger charge is 1.98. The van der Waals surface area contributed by atoms with Crippen LogP contribution in [0.25, 0.3) is 0 Å². The number of unbranched alkanes of at least 4 members (excludes halogenated alkanes) is 2. The SMILES string of the molecule is CCCCC[C@@H](C)NCCO. The Kier molecular flexibility index (Phi) is 7.96. The monoisotopic (exact) mass is 159 g/mol. The first-order chi connectivity index (χ1) is 5.31. The Morgan fingerprint density at radius 2 is 2.09 bits per heavy atom. The molecule has 0 aromatic rings. The predicted molar refractivity (Wildman–Crippen MR) is 48.7 cm³/mol. The molecule has 0 aliphatic heterocycles. The van der Waals surface area contributed by atoms with Gasteiger partial charge in [0, 0.05) is 12.6 Å². The van der Waals surface area contributed by atoms with E-state index in [2.05, 4.69) is 19.2 Å². The van der Waals surface area contributed by atoms with E-state index in [0.29, 0.717) is 6.04 Å². The van der Waals surface area contributed by atoms with Gasteiger partial charge in [-0.3, -0.25) is 0 Å². The highest BCUT2D eigenvalue weighted by Crippen LogP contribution is 2.01. The fourth-order valence-electron chi connectivity index (χ4n) is 1.11. The van der Waals surface area contributed by atoms with Crippen LogP contribution in [0.2, 0.25) is 0 Å². The molecule has 0 fully saturated rings. The lowest BCUT2D eigenvalue weighted by Gasteiger charge is -2.11. The van der Waals surface area contributed by atoms with Gasteiger partial charge in [0.05, 0.1) is 6.61 Å². The zero-order chi connectivity index (χ0) is 8.53. The topological polar surface area (TPSA) is 32.3 Å². The van der Waals surface area contributed by atoms with Crippen molar-refractivity contribution in [1.82, 2.24) is 5.32 Å². The third-order valence-corrected chi connectivity index (χ3v) is 1.85. The normalized spacial score (nSPS) is 13.4. The molecule has 0 aliphatic rings. The van der Waals surface area contributed by atoms with Crippen LogP contribution >= 0.6 is 0 Å².